The molecule has 0 atom stereocenters. The fourth-order valence-corrected chi connectivity index (χ4v) is 3.59. The molecule has 0 spiro atoms. The first kappa shape index (κ1) is 19.9. The molecule has 0 saturated carbocycles. The van der Waals surface area contributed by atoms with Gasteiger partial charge in [-0.05, 0) is 66.2 Å². The molecule has 8 heteroatoms. The largest absolute Gasteiger partial charge is 0.348 e. The van der Waals surface area contributed by atoms with Crippen molar-refractivity contribution >= 4 is 33.2 Å². The summed E-state index contributed by atoms with van der Waals surface area (Å²) < 4.78 is 39.9. The molecule has 3 rings (SSSR count). The molecule has 0 unspecified atom stereocenters. The minimum absolute atomic E-state index is 0.0568. The van der Waals surface area contributed by atoms with Gasteiger partial charge in [-0.15, -0.1) is 0 Å². The molecule has 0 aliphatic heterocycles. The van der Waals surface area contributed by atoms with Crippen LogP contribution in [0.4, 0.5) is 10.1 Å². The lowest BCUT2D eigenvalue weighted by molar-refractivity contribution is 0.0951. The van der Waals surface area contributed by atoms with Gasteiger partial charge in [0.15, 0.2) is 0 Å². The van der Waals surface area contributed by atoms with E-state index in [1.807, 2.05) is 12.1 Å². The number of nitrogens with one attached hydrogen (secondary N) is 2. The van der Waals surface area contributed by atoms with Crippen molar-refractivity contribution in [2.24, 2.45) is 0 Å². The average molecular weight is 419 g/mol. The Morgan fingerprint density at radius 1 is 0.893 bits per heavy atom. The van der Waals surface area contributed by atoms with Crippen LogP contribution in [0.1, 0.15) is 15.9 Å². The fraction of sp³-hybridized carbons (Fsp3) is 0.0500. The van der Waals surface area contributed by atoms with Crippen LogP contribution in [0, 0.1) is 5.82 Å². The number of benzene rings is 3. The maximum atomic E-state index is 13.0. The van der Waals surface area contributed by atoms with Crippen molar-refractivity contribution in [1.82, 2.24) is 5.32 Å². The molecule has 0 saturated heterocycles. The van der Waals surface area contributed by atoms with Crippen molar-refractivity contribution in [3.05, 3.63) is 94.8 Å². The summed E-state index contributed by atoms with van der Waals surface area (Å²) in [6.45, 7) is 0.342. The van der Waals surface area contributed by atoms with Crippen molar-refractivity contribution in [3.8, 4) is 0 Å². The molecule has 0 fully saturated rings. The van der Waals surface area contributed by atoms with Gasteiger partial charge in [0.2, 0.25) is 0 Å². The molecule has 0 aromatic heterocycles. The van der Waals surface area contributed by atoms with Crippen LogP contribution in [0.3, 0.4) is 0 Å². The summed E-state index contributed by atoms with van der Waals surface area (Å²) >= 11 is 5.82. The van der Waals surface area contributed by atoms with Crippen molar-refractivity contribution in [3.63, 3.8) is 0 Å². The van der Waals surface area contributed by atoms with Crippen LogP contribution in [-0.4, -0.2) is 14.3 Å². The van der Waals surface area contributed by atoms with Gasteiger partial charge in [0, 0.05) is 22.8 Å². The molecule has 5 nitrogen and oxygen atoms in total. The molecule has 0 aliphatic rings. The minimum Gasteiger partial charge on any atom is -0.348 e. The SMILES string of the molecule is O=C(NCc1ccc(Cl)cc1)c1ccc(NS(=O)(=O)c2ccc(F)cc2)cc1. The average Bonchev–Trinajstić information content (AvgIpc) is 2.68. The third-order valence-electron chi connectivity index (χ3n) is 3.89. The fourth-order valence-electron chi connectivity index (χ4n) is 2.40. The molecule has 0 bridgehead atoms. The first-order valence-electron chi connectivity index (χ1n) is 8.24. The van der Waals surface area contributed by atoms with Crippen LogP contribution >= 0.6 is 11.6 Å². The van der Waals surface area contributed by atoms with Gasteiger partial charge in [-0.1, -0.05) is 23.7 Å². The molecular weight excluding hydrogens is 403 g/mol. The van der Waals surface area contributed by atoms with E-state index in [1.54, 1.807) is 12.1 Å². The number of hydrogen-bond donors (Lipinski definition) is 2. The number of carbonyl (C=O) groups excluding carboxylic acids is 1. The Hall–Kier alpha value is -2.90. The number of amides is 1. The molecule has 0 radical (unpaired) electrons. The monoisotopic (exact) mass is 418 g/mol. The van der Waals surface area contributed by atoms with Crippen LogP contribution in [0.5, 0.6) is 0 Å². The van der Waals surface area contributed by atoms with Gasteiger partial charge < -0.3 is 5.32 Å². The molecule has 144 valence electrons. The highest BCUT2D eigenvalue weighted by atomic mass is 35.5. The number of carbonyl (C=O) groups is 1. The van der Waals surface area contributed by atoms with E-state index >= 15 is 0 Å². The first-order valence-corrected chi connectivity index (χ1v) is 10.1. The maximum Gasteiger partial charge on any atom is 0.261 e. The van der Waals surface area contributed by atoms with Gasteiger partial charge in [0.05, 0.1) is 4.90 Å². The number of anilines is 1. The van der Waals surface area contributed by atoms with E-state index in [2.05, 4.69) is 10.0 Å². The molecule has 2 N–H and O–H groups in total. The van der Waals surface area contributed by atoms with E-state index < -0.39 is 15.8 Å². The lowest BCUT2D eigenvalue weighted by atomic mass is 10.2. The molecule has 3 aromatic carbocycles. The number of rotatable bonds is 6. The summed E-state index contributed by atoms with van der Waals surface area (Å²) in [7, 11) is -3.84. The quantitative estimate of drug-likeness (QED) is 0.629. The van der Waals surface area contributed by atoms with Crippen LogP contribution in [0.2, 0.25) is 5.02 Å². The Labute approximate surface area is 167 Å². The summed E-state index contributed by atoms with van der Waals surface area (Å²) in [6, 6.07) is 17.6. The van der Waals surface area contributed by atoms with E-state index in [9.17, 15) is 17.6 Å². The zero-order valence-electron chi connectivity index (χ0n) is 14.5. The number of halogens is 2. The molecule has 3 aromatic rings. The Morgan fingerprint density at radius 2 is 1.50 bits per heavy atom. The molecule has 28 heavy (non-hydrogen) atoms. The number of hydrogen-bond acceptors (Lipinski definition) is 3. The second kappa shape index (κ2) is 8.41. The summed E-state index contributed by atoms with van der Waals surface area (Å²) in [5.41, 5.74) is 1.58. The van der Waals surface area contributed by atoms with Gasteiger partial charge in [0.25, 0.3) is 15.9 Å². The summed E-state index contributed by atoms with van der Waals surface area (Å²) in [4.78, 5) is 12.2. The van der Waals surface area contributed by atoms with E-state index in [0.717, 1.165) is 17.7 Å². The third-order valence-corrected chi connectivity index (χ3v) is 5.54. The first-order chi connectivity index (χ1) is 13.3. The van der Waals surface area contributed by atoms with Crippen LogP contribution in [0.15, 0.2) is 77.7 Å². The minimum atomic E-state index is -3.84. The second-order valence-electron chi connectivity index (χ2n) is 5.95. The Bertz CT molecular complexity index is 1070. The zero-order valence-corrected chi connectivity index (χ0v) is 16.1. The van der Waals surface area contributed by atoms with Gasteiger partial charge in [-0.25, -0.2) is 12.8 Å². The van der Waals surface area contributed by atoms with E-state index in [0.29, 0.717) is 22.8 Å². The van der Waals surface area contributed by atoms with E-state index in [1.165, 1.54) is 36.4 Å². The zero-order chi connectivity index (χ0) is 20.1. The Morgan fingerprint density at radius 3 is 2.11 bits per heavy atom. The van der Waals surface area contributed by atoms with Gasteiger partial charge in [-0.2, -0.15) is 0 Å². The van der Waals surface area contributed by atoms with Gasteiger partial charge in [-0.3, -0.25) is 9.52 Å². The summed E-state index contributed by atoms with van der Waals surface area (Å²) in [5.74, 6) is -0.809. The Kier molecular flexibility index (Phi) is 5.96. The highest BCUT2D eigenvalue weighted by Crippen LogP contribution is 2.17. The smallest absolute Gasteiger partial charge is 0.261 e. The third kappa shape index (κ3) is 5.09. The highest BCUT2D eigenvalue weighted by Gasteiger charge is 2.14. The second-order valence-corrected chi connectivity index (χ2v) is 8.06. The van der Waals surface area contributed by atoms with E-state index in [4.69, 9.17) is 11.6 Å². The van der Waals surface area contributed by atoms with Gasteiger partial charge >= 0.3 is 0 Å². The van der Waals surface area contributed by atoms with Crippen molar-refractivity contribution in [1.29, 1.82) is 0 Å². The highest BCUT2D eigenvalue weighted by molar-refractivity contribution is 7.92. The predicted octanol–water partition coefficient (Wildman–Crippen LogP) is 4.21. The van der Waals surface area contributed by atoms with Gasteiger partial charge in [0.1, 0.15) is 5.82 Å². The molecule has 0 aliphatic carbocycles. The normalized spacial score (nSPS) is 11.1. The summed E-state index contributed by atoms with van der Waals surface area (Å²) in [5, 5.41) is 3.40. The van der Waals surface area contributed by atoms with Crippen LogP contribution < -0.4 is 10.0 Å². The lowest BCUT2D eigenvalue weighted by Crippen LogP contribution is -2.22. The van der Waals surface area contributed by atoms with Crippen LogP contribution in [-0.2, 0) is 16.6 Å². The van der Waals surface area contributed by atoms with Crippen molar-refractivity contribution in [2.45, 2.75) is 11.4 Å². The predicted molar refractivity (Wildman–Crippen MR) is 106 cm³/mol. The maximum absolute atomic E-state index is 13.0. The standard InChI is InChI=1S/C20H16ClFN2O3S/c21-16-5-1-14(2-6-16)13-23-20(25)15-3-9-18(10-4-15)24-28(26,27)19-11-7-17(22)8-12-19/h1-12,24H,13H2,(H,23,25). The lowest BCUT2D eigenvalue weighted by Gasteiger charge is -2.09. The summed E-state index contributed by atoms with van der Waals surface area (Å²) in [6.07, 6.45) is 0. The van der Waals surface area contributed by atoms with Crippen molar-refractivity contribution in [2.75, 3.05) is 4.72 Å². The molecule has 1 amide bonds. The van der Waals surface area contributed by atoms with Crippen LogP contribution in [0.25, 0.3) is 0 Å². The Balaban J connectivity index is 1.63. The number of sulfonamides is 1. The molecule has 0 heterocycles. The van der Waals surface area contributed by atoms with Crippen molar-refractivity contribution < 1.29 is 17.6 Å². The topological polar surface area (TPSA) is 75.3 Å². The molecular formula is C20H16ClFN2O3S. The van der Waals surface area contributed by atoms with E-state index in [-0.39, 0.29) is 10.8 Å².